The van der Waals surface area contributed by atoms with E-state index in [1.54, 1.807) is 24.3 Å². The fourth-order valence-electron chi connectivity index (χ4n) is 1.82. The van der Waals surface area contributed by atoms with Crippen LogP contribution in [0.4, 0.5) is 0 Å². The Kier molecular flexibility index (Phi) is 3.35. The van der Waals surface area contributed by atoms with E-state index in [2.05, 4.69) is 0 Å². The van der Waals surface area contributed by atoms with Crippen molar-refractivity contribution in [3.63, 3.8) is 0 Å². The van der Waals surface area contributed by atoms with Crippen LogP contribution < -0.4 is 5.56 Å². The molecule has 19 heavy (non-hydrogen) atoms. The number of para-hydroxylation sites is 1. The topological polar surface area (TPSA) is 64.2 Å². The second kappa shape index (κ2) is 4.81. The molecule has 1 heterocycles. The number of hydrogen-bond donors (Lipinski definition) is 1. The third-order valence-electron chi connectivity index (χ3n) is 2.80. The third-order valence-corrected chi connectivity index (χ3v) is 3.26. The summed E-state index contributed by atoms with van der Waals surface area (Å²) in [5.74, 6) is -0.910. The molecule has 0 bridgehead atoms. The summed E-state index contributed by atoms with van der Waals surface area (Å²) in [5, 5.41) is 9.86. The number of hydrogen-bond acceptors (Lipinski definition) is 4. The van der Waals surface area contributed by atoms with Crippen LogP contribution in [0.2, 0.25) is 0 Å². The molecule has 0 aliphatic carbocycles. The van der Waals surface area contributed by atoms with Gasteiger partial charge < -0.3 is 5.11 Å². The largest absolute Gasteiger partial charge is 0.494 e. The van der Waals surface area contributed by atoms with Gasteiger partial charge in [-0.3, -0.25) is 18.7 Å². The molecule has 0 saturated heterocycles. The standard InChI is InChI=1S/C13H12N2O3S/c1-8(16)10-11(17)14(2)13(19)15(12(10)18)9-6-4-3-5-7-9/h3-7,17H,1-2H3. The predicted octanol–water partition coefficient (Wildman–Crippen LogP) is 1.81. The fourth-order valence-corrected chi connectivity index (χ4v) is 2.09. The van der Waals surface area contributed by atoms with E-state index >= 15 is 0 Å². The molecule has 0 aliphatic heterocycles. The summed E-state index contributed by atoms with van der Waals surface area (Å²) < 4.78 is 2.59. The normalized spacial score (nSPS) is 10.4. The molecule has 5 nitrogen and oxygen atoms in total. The van der Waals surface area contributed by atoms with E-state index in [1.165, 1.54) is 23.1 Å². The Bertz CT molecular complexity index is 760. The number of carbonyl (C=O) groups is 1. The highest BCUT2D eigenvalue weighted by Gasteiger charge is 2.19. The second-order valence-electron chi connectivity index (χ2n) is 4.07. The molecule has 2 aromatic rings. The summed E-state index contributed by atoms with van der Waals surface area (Å²) in [7, 11) is 1.50. The molecule has 0 spiro atoms. The zero-order chi connectivity index (χ0) is 14.2. The number of Topliss-reactive ketones (excluding diaryl/α,β-unsaturated/α-hetero) is 1. The van der Waals surface area contributed by atoms with Crippen molar-refractivity contribution in [3.8, 4) is 11.6 Å². The zero-order valence-corrected chi connectivity index (χ0v) is 11.3. The third kappa shape index (κ3) is 2.10. The molecule has 0 atom stereocenters. The Hall–Kier alpha value is -2.21. The average molecular weight is 276 g/mol. The molecular weight excluding hydrogens is 264 g/mol. The number of nitrogens with zero attached hydrogens (tertiary/aromatic N) is 2. The molecule has 98 valence electrons. The first kappa shape index (κ1) is 13.2. The van der Waals surface area contributed by atoms with Crippen LogP contribution in [0.1, 0.15) is 17.3 Å². The van der Waals surface area contributed by atoms with Crippen molar-refractivity contribution in [2.45, 2.75) is 6.92 Å². The molecule has 1 aromatic heterocycles. The van der Waals surface area contributed by atoms with Crippen LogP contribution in [0.15, 0.2) is 35.1 Å². The monoisotopic (exact) mass is 276 g/mol. The maximum absolute atomic E-state index is 12.3. The lowest BCUT2D eigenvalue weighted by atomic mass is 10.2. The van der Waals surface area contributed by atoms with E-state index in [1.807, 2.05) is 6.07 Å². The smallest absolute Gasteiger partial charge is 0.273 e. The van der Waals surface area contributed by atoms with Crippen LogP contribution in [0, 0.1) is 4.77 Å². The highest BCUT2D eigenvalue weighted by atomic mass is 32.1. The SMILES string of the molecule is CC(=O)c1c(O)n(C)c(=S)n(-c2ccccc2)c1=O. The van der Waals surface area contributed by atoms with E-state index in [-0.39, 0.29) is 10.3 Å². The van der Waals surface area contributed by atoms with Gasteiger partial charge in [0.1, 0.15) is 5.56 Å². The molecule has 1 N–H and O–H groups in total. The Morgan fingerprint density at radius 1 is 1.26 bits per heavy atom. The first-order chi connectivity index (χ1) is 8.95. The Morgan fingerprint density at radius 3 is 2.37 bits per heavy atom. The number of aromatic hydroxyl groups is 1. The summed E-state index contributed by atoms with van der Waals surface area (Å²) in [5.41, 5.74) is -0.324. The molecule has 0 unspecified atom stereocenters. The van der Waals surface area contributed by atoms with Gasteiger partial charge in [0.05, 0.1) is 5.69 Å². The Morgan fingerprint density at radius 2 is 1.84 bits per heavy atom. The molecule has 0 fully saturated rings. The van der Waals surface area contributed by atoms with E-state index < -0.39 is 17.2 Å². The van der Waals surface area contributed by atoms with E-state index in [4.69, 9.17) is 12.2 Å². The van der Waals surface area contributed by atoms with Crippen molar-refractivity contribution in [1.82, 2.24) is 9.13 Å². The molecular formula is C13H12N2O3S. The minimum absolute atomic E-state index is 0.124. The van der Waals surface area contributed by atoms with Crippen molar-refractivity contribution in [1.29, 1.82) is 0 Å². The zero-order valence-electron chi connectivity index (χ0n) is 10.5. The van der Waals surface area contributed by atoms with Gasteiger partial charge in [-0.2, -0.15) is 0 Å². The van der Waals surface area contributed by atoms with E-state index in [0.717, 1.165) is 0 Å². The molecule has 1 aromatic carbocycles. The highest BCUT2D eigenvalue weighted by Crippen LogP contribution is 2.15. The molecule has 0 aliphatic rings. The van der Waals surface area contributed by atoms with Gasteiger partial charge in [-0.15, -0.1) is 0 Å². The summed E-state index contributed by atoms with van der Waals surface area (Å²) in [4.78, 5) is 23.8. The first-order valence-corrected chi connectivity index (χ1v) is 5.97. The van der Waals surface area contributed by atoms with Crippen LogP contribution >= 0.6 is 12.2 Å². The maximum atomic E-state index is 12.3. The summed E-state index contributed by atoms with van der Waals surface area (Å²) in [6.07, 6.45) is 0. The number of carbonyl (C=O) groups excluding carboxylic acids is 1. The molecule has 0 amide bonds. The van der Waals surface area contributed by atoms with E-state index in [0.29, 0.717) is 5.69 Å². The lowest BCUT2D eigenvalue weighted by Gasteiger charge is -2.13. The maximum Gasteiger partial charge on any atom is 0.273 e. The first-order valence-electron chi connectivity index (χ1n) is 5.56. The minimum Gasteiger partial charge on any atom is -0.494 e. The average Bonchev–Trinajstić information content (AvgIpc) is 2.37. The quantitative estimate of drug-likeness (QED) is 0.671. The van der Waals surface area contributed by atoms with Crippen molar-refractivity contribution < 1.29 is 9.90 Å². The lowest BCUT2D eigenvalue weighted by molar-refractivity contribution is 0.101. The van der Waals surface area contributed by atoms with Gasteiger partial charge in [0, 0.05) is 7.05 Å². The van der Waals surface area contributed by atoms with Crippen LogP contribution in [-0.4, -0.2) is 20.0 Å². The summed E-state index contributed by atoms with van der Waals surface area (Å²) in [6, 6.07) is 8.74. The fraction of sp³-hybridized carbons (Fsp3) is 0.154. The minimum atomic E-state index is -0.612. The van der Waals surface area contributed by atoms with Crippen molar-refractivity contribution >= 4 is 18.0 Å². The van der Waals surface area contributed by atoms with Gasteiger partial charge in [-0.25, -0.2) is 0 Å². The Balaban J connectivity index is 2.95. The number of aromatic nitrogens is 2. The van der Waals surface area contributed by atoms with Crippen LogP contribution in [0.25, 0.3) is 5.69 Å². The summed E-state index contributed by atoms with van der Waals surface area (Å²) >= 11 is 5.15. The van der Waals surface area contributed by atoms with E-state index in [9.17, 15) is 14.7 Å². The second-order valence-corrected chi connectivity index (χ2v) is 4.44. The summed E-state index contributed by atoms with van der Waals surface area (Å²) in [6.45, 7) is 1.23. The van der Waals surface area contributed by atoms with Crippen LogP contribution in [-0.2, 0) is 7.05 Å². The van der Waals surface area contributed by atoms with Crippen molar-refractivity contribution in [3.05, 3.63) is 51.0 Å². The lowest BCUT2D eigenvalue weighted by Crippen LogP contribution is -2.28. The predicted molar refractivity (Wildman–Crippen MR) is 73.5 cm³/mol. The van der Waals surface area contributed by atoms with Crippen molar-refractivity contribution in [2.75, 3.05) is 0 Å². The van der Waals surface area contributed by atoms with Crippen LogP contribution in [0.5, 0.6) is 5.88 Å². The Labute approximate surface area is 114 Å². The van der Waals surface area contributed by atoms with Gasteiger partial charge in [-0.1, -0.05) is 18.2 Å². The number of benzene rings is 1. The molecule has 2 rings (SSSR count). The number of rotatable bonds is 2. The molecule has 0 saturated carbocycles. The highest BCUT2D eigenvalue weighted by molar-refractivity contribution is 7.71. The van der Waals surface area contributed by atoms with Gasteiger partial charge in [0.15, 0.2) is 10.6 Å². The van der Waals surface area contributed by atoms with Crippen LogP contribution in [0.3, 0.4) is 0 Å². The van der Waals surface area contributed by atoms with Gasteiger partial charge in [0.25, 0.3) is 5.56 Å². The molecule has 0 radical (unpaired) electrons. The van der Waals surface area contributed by atoms with Gasteiger partial charge in [0.2, 0.25) is 5.88 Å². The number of ketones is 1. The van der Waals surface area contributed by atoms with Gasteiger partial charge >= 0.3 is 0 Å². The van der Waals surface area contributed by atoms with Gasteiger partial charge in [-0.05, 0) is 31.3 Å². The molecule has 6 heteroatoms. The van der Waals surface area contributed by atoms with Crippen molar-refractivity contribution in [2.24, 2.45) is 7.05 Å².